The molecule has 1 fully saturated rings. The summed E-state index contributed by atoms with van der Waals surface area (Å²) < 4.78 is 2.65. The van der Waals surface area contributed by atoms with Crippen molar-refractivity contribution in [3.63, 3.8) is 0 Å². The smallest absolute Gasteiger partial charge is 0.352 e. The standard InChI is InChI=1S/C9H11BrN2O2/c1-11-4-7(5-11)12-3-6(10)2-8(12)9(13)14/h2-3,7H,4-5H2,1H3,(H,13,14). The fourth-order valence-corrected chi connectivity index (χ4v) is 2.20. The molecular weight excluding hydrogens is 248 g/mol. The first-order valence-electron chi connectivity index (χ1n) is 4.37. The molecule has 1 aliphatic heterocycles. The Kier molecular flexibility index (Phi) is 2.36. The zero-order valence-corrected chi connectivity index (χ0v) is 9.36. The van der Waals surface area contributed by atoms with Gasteiger partial charge in [0.15, 0.2) is 0 Å². The minimum atomic E-state index is -0.870. The highest BCUT2D eigenvalue weighted by Crippen LogP contribution is 2.25. The number of likely N-dealkylation sites (tertiary alicyclic amines) is 1. The summed E-state index contributed by atoms with van der Waals surface area (Å²) in [6, 6.07) is 1.94. The highest BCUT2D eigenvalue weighted by molar-refractivity contribution is 9.10. The van der Waals surface area contributed by atoms with Crippen LogP contribution < -0.4 is 0 Å². The number of rotatable bonds is 2. The zero-order chi connectivity index (χ0) is 10.3. The summed E-state index contributed by atoms with van der Waals surface area (Å²) in [5.74, 6) is -0.870. The van der Waals surface area contributed by atoms with E-state index in [-0.39, 0.29) is 0 Å². The van der Waals surface area contributed by atoms with Crippen LogP contribution in [0.5, 0.6) is 0 Å². The van der Waals surface area contributed by atoms with Gasteiger partial charge in [0.1, 0.15) is 5.69 Å². The Morgan fingerprint density at radius 2 is 2.29 bits per heavy atom. The van der Waals surface area contributed by atoms with E-state index in [1.807, 2.05) is 17.8 Å². The van der Waals surface area contributed by atoms with E-state index in [4.69, 9.17) is 5.11 Å². The van der Waals surface area contributed by atoms with Gasteiger partial charge in [0, 0.05) is 23.8 Å². The van der Waals surface area contributed by atoms with Gasteiger partial charge >= 0.3 is 5.97 Å². The van der Waals surface area contributed by atoms with Gasteiger partial charge in [-0.1, -0.05) is 0 Å². The van der Waals surface area contributed by atoms with Crippen molar-refractivity contribution in [2.45, 2.75) is 6.04 Å². The van der Waals surface area contributed by atoms with Gasteiger partial charge in [0.05, 0.1) is 6.04 Å². The first-order valence-corrected chi connectivity index (χ1v) is 5.16. The van der Waals surface area contributed by atoms with Crippen LogP contribution in [0.15, 0.2) is 16.7 Å². The number of carboxylic acids is 1. The molecular formula is C9H11BrN2O2. The second-order valence-corrected chi connectivity index (χ2v) is 4.55. The van der Waals surface area contributed by atoms with Gasteiger partial charge in [-0.2, -0.15) is 0 Å². The van der Waals surface area contributed by atoms with E-state index in [0.29, 0.717) is 11.7 Å². The summed E-state index contributed by atoms with van der Waals surface area (Å²) in [7, 11) is 2.02. The maximum Gasteiger partial charge on any atom is 0.352 e. The summed E-state index contributed by atoms with van der Waals surface area (Å²) >= 11 is 3.29. The summed E-state index contributed by atoms with van der Waals surface area (Å²) in [5.41, 5.74) is 0.356. The predicted molar refractivity (Wildman–Crippen MR) is 55.6 cm³/mol. The number of hydrogen-bond donors (Lipinski definition) is 1. The molecule has 1 saturated heterocycles. The van der Waals surface area contributed by atoms with E-state index in [1.165, 1.54) is 0 Å². The van der Waals surface area contributed by atoms with Crippen LogP contribution >= 0.6 is 15.9 Å². The lowest BCUT2D eigenvalue weighted by Crippen LogP contribution is -2.45. The Bertz CT molecular complexity index is 369. The Morgan fingerprint density at radius 3 is 2.79 bits per heavy atom. The summed E-state index contributed by atoms with van der Waals surface area (Å²) in [6.07, 6.45) is 1.83. The van der Waals surface area contributed by atoms with Gasteiger partial charge < -0.3 is 14.6 Å². The van der Waals surface area contributed by atoms with Crippen molar-refractivity contribution in [2.24, 2.45) is 0 Å². The summed E-state index contributed by atoms with van der Waals surface area (Å²) in [5, 5.41) is 8.96. The van der Waals surface area contributed by atoms with Crippen molar-refractivity contribution in [3.05, 3.63) is 22.4 Å². The minimum Gasteiger partial charge on any atom is -0.477 e. The third kappa shape index (κ3) is 1.57. The topological polar surface area (TPSA) is 45.5 Å². The number of hydrogen-bond acceptors (Lipinski definition) is 2. The molecule has 5 heteroatoms. The first-order chi connectivity index (χ1) is 6.58. The van der Waals surface area contributed by atoms with E-state index in [1.54, 1.807) is 6.07 Å². The van der Waals surface area contributed by atoms with Gasteiger partial charge in [-0.25, -0.2) is 4.79 Å². The molecule has 0 bridgehead atoms. The molecule has 0 amide bonds. The average Bonchev–Trinajstić information content (AvgIpc) is 2.41. The van der Waals surface area contributed by atoms with Crippen LogP contribution in [0.1, 0.15) is 16.5 Å². The molecule has 0 aromatic carbocycles. The third-order valence-electron chi connectivity index (χ3n) is 2.47. The molecule has 14 heavy (non-hydrogen) atoms. The largest absolute Gasteiger partial charge is 0.477 e. The van der Waals surface area contributed by atoms with E-state index in [0.717, 1.165) is 17.6 Å². The first kappa shape index (κ1) is 9.73. The molecule has 0 spiro atoms. The van der Waals surface area contributed by atoms with Crippen LogP contribution in [-0.2, 0) is 0 Å². The predicted octanol–water partition coefficient (Wildman–Crippen LogP) is 1.44. The molecule has 2 rings (SSSR count). The van der Waals surface area contributed by atoms with Crippen LogP contribution in [0, 0.1) is 0 Å². The quantitative estimate of drug-likeness (QED) is 0.874. The van der Waals surface area contributed by atoms with E-state index in [9.17, 15) is 4.79 Å². The number of carbonyl (C=O) groups is 1. The lowest BCUT2D eigenvalue weighted by Gasteiger charge is -2.37. The summed E-state index contributed by atoms with van der Waals surface area (Å²) in [6.45, 7) is 1.84. The number of nitrogens with zero attached hydrogens (tertiary/aromatic N) is 2. The van der Waals surface area contributed by atoms with E-state index < -0.39 is 5.97 Å². The van der Waals surface area contributed by atoms with Crippen LogP contribution in [0.2, 0.25) is 0 Å². The highest BCUT2D eigenvalue weighted by atomic mass is 79.9. The molecule has 4 nitrogen and oxygen atoms in total. The van der Waals surface area contributed by atoms with Gasteiger partial charge in [0.25, 0.3) is 0 Å². The lowest BCUT2D eigenvalue weighted by atomic mass is 10.1. The zero-order valence-electron chi connectivity index (χ0n) is 7.77. The maximum absolute atomic E-state index is 10.9. The average molecular weight is 259 g/mol. The number of halogens is 1. The molecule has 1 aromatic rings. The van der Waals surface area contributed by atoms with Crippen molar-refractivity contribution in [2.75, 3.05) is 20.1 Å². The molecule has 1 aliphatic rings. The normalized spacial score (nSPS) is 18.1. The van der Waals surface area contributed by atoms with Crippen LogP contribution in [0.4, 0.5) is 0 Å². The Labute approximate surface area is 90.3 Å². The third-order valence-corrected chi connectivity index (χ3v) is 2.91. The van der Waals surface area contributed by atoms with Gasteiger partial charge in [-0.3, -0.25) is 0 Å². The van der Waals surface area contributed by atoms with Gasteiger partial charge in [-0.15, -0.1) is 0 Å². The Balaban J connectivity index is 2.28. The van der Waals surface area contributed by atoms with Crippen LogP contribution in [0.3, 0.4) is 0 Å². The molecule has 0 radical (unpaired) electrons. The molecule has 1 N–H and O–H groups in total. The number of likely N-dealkylation sites (N-methyl/N-ethyl adjacent to an activating group) is 1. The van der Waals surface area contributed by atoms with Crippen LogP contribution in [-0.4, -0.2) is 40.7 Å². The number of carboxylic acid groups (broad SMARTS) is 1. The second-order valence-electron chi connectivity index (χ2n) is 3.63. The Morgan fingerprint density at radius 1 is 1.64 bits per heavy atom. The molecule has 2 heterocycles. The maximum atomic E-state index is 10.9. The van der Waals surface area contributed by atoms with Crippen molar-refractivity contribution >= 4 is 21.9 Å². The molecule has 0 atom stereocenters. The molecule has 0 saturated carbocycles. The van der Waals surface area contributed by atoms with Gasteiger partial charge in [0.2, 0.25) is 0 Å². The monoisotopic (exact) mass is 258 g/mol. The van der Waals surface area contributed by atoms with Crippen LogP contribution in [0.25, 0.3) is 0 Å². The Hall–Kier alpha value is -0.810. The summed E-state index contributed by atoms with van der Waals surface area (Å²) in [4.78, 5) is 13.1. The van der Waals surface area contributed by atoms with Crippen molar-refractivity contribution in [1.82, 2.24) is 9.47 Å². The SMILES string of the molecule is CN1CC(n2cc(Br)cc2C(=O)O)C1. The lowest BCUT2D eigenvalue weighted by molar-refractivity contribution is 0.0666. The number of aromatic nitrogens is 1. The fourth-order valence-electron chi connectivity index (χ4n) is 1.76. The van der Waals surface area contributed by atoms with Crippen molar-refractivity contribution in [1.29, 1.82) is 0 Å². The molecule has 76 valence electrons. The van der Waals surface area contributed by atoms with E-state index in [2.05, 4.69) is 20.8 Å². The molecule has 0 unspecified atom stereocenters. The molecule has 1 aromatic heterocycles. The van der Waals surface area contributed by atoms with Crippen molar-refractivity contribution < 1.29 is 9.90 Å². The minimum absolute atomic E-state index is 0.303. The highest BCUT2D eigenvalue weighted by Gasteiger charge is 2.27. The number of aromatic carboxylic acids is 1. The van der Waals surface area contributed by atoms with Crippen molar-refractivity contribution in [3.8, 4) is 0 Å². The fraction of sp³-hybridized carbons (Fsp3) is 0.444. The second kappa shape index (κ2) is 3.40. The molecule has 0 aliphatic carbocycles. The van der Waals surface area contributed by atoms with E-state index >= 15 is 0 Å². The van der Waals surface area contributed by atoms with Gasteiger partial charge in [-0.05, 0) is 29.0 Å².